The predicted octanol–water partition coefficient (Wildman–Crippen LogP) is 8.71. The Balaban J connectivity index is 1.76. The molecule has 6 nitrogen and oxygen atoms in total. The van der Waals surface area contributed by atoms with Gasteiger partial charge in [-0.25, -0.2) is 4.98 Å². The Bertz CT molecular complexity index is 1560. The van der Waals surface area contributed by atoms with Crippen LogP contribution in [0.4, 0.5) is 0 Å². The minimum Gasteiger partial charge on any atom is -0.490 e. The number of fused-ring (bicyclic) bond motifs is 1. The van der Waals surface area contributed by atoms with Crippen molar-refractivity contribution in [1.29, 1.82) is 0 Å². The van der Waals surface area contributed by atoms with Crippen molar-refractivity contribution < 1.29 is 9.47 Å². The average Bonchev–Trinajstić information content (AvgIpc) is 2.91. The molecule has 4 aromatic rings. The second-order valence-corrected chi connectivity index (χ2v) is 11.6. The van der Waals surface area contributed by atoms with E-state index in [0.29, 0.717) is 56.5 Å². The molecule has 1 aromatic heterocycles. The van der Waals surface area contributed by atoms with Gasteiger partial charge >= 0.3 is 0 Å². The molecule has 0 saturated heterocycles. The summed E-state index contributed by atoms with van der Waals surface area (Å²) in [6.07, 6.45) is 2.38. The van der Waals surface area contributed by atoms with Gasteiger partial charge in [-0.1, -0.05) is 69.4 Å². The summed E-state index contributed by atoms with van der Waals surface area (Å²) in [6.45, 7) is 6.70. The van der Waals surface area contributed by atoms with Crippen molar-refractivity contribution in [2.24, 2.45) is 5.10 Å². The molecule has 4 rings (SSSR count). The number of hydrogen-bond acceptors (Lipinski definition) is 5. The summed E-state index contributed by atoms with van der Waals surface area (Å²) in [5.41, 5.74) is 2.01. The van der Waals surface area contributed by atoms with Crippen molar-refractivity contribution in [3.05, 3.63) is 94.3 Å². The van der Waals surface area contributed by atoms with Crippen LogP contribution in [0.25, 0.3) is 10.9 Å². The zero-order valence-electron chi connectivity index (χ0n) is 21.0. The molecule has 3 aromatic carbocycles. The Morgan fingerprint density at radius 2 is 1.76 bits per heavy atom. The van der Waals surface area contributed by atoms with Gasteiger partial charge in [0.15, 0.2) is 11.5 Å². The molecular formula is C28H25Br3ClN3O3. The topological polar surface area (TPSA) is 65.7 Å². The van der Waals surface area contributed by atoms with E-state index in [1.54, 1.807) is 18.3 Å². The van der Waals surface area contributed by atoms with E-state index >= 15 is 0 Å². The quantitative estimate of drug-likeness (QED) is 0.162. The first-order valence-corrected chi connectivity index (χ1v) is 14.8. The van der Waals surface area contributed by atoms with Gasteiger partial charge in [0.05, 0.1) is 23.7 Å². The molecule has 0 amide bonds. The molecular weight excluding hydrogens is 701 g/mol. The van der Waals surface area contributed by atoms with Gasteiger partial charge < -0.3 is 9.47 Å². The Kier molecular flexibility index (Phi) is 9.68. The van der Waals surface area contributed by atoms with Crippen molar-refractivity contribution in [2.75, 3.05) is 6.61 Å². The van der Waals surface area contributed by atoms with E-state index in [9.17, 15) is 4.79 Å². The summed E-state index contributed by atoms with van der Waals surface area (Å²) >= 11 is 17.2. The molecule has 0 aliphatic carbocycles. The molecule has 0 unspecified atom stereocenters. The monoisotopic (exact) mass is 723 g/mol. The molecule has 1 atom stereocenters. The van der Waals surface area contributed by atoms with Gasteiger partial charge in [-0.3, -0.25) is 4.79 Å². The highest BCUT2D eigenvalue weighted by Gasteiger charge is 2.19. The maximum Gasteiger partial charge on any atom is 0.282 e. The van der Waals surface area contributed by atoms with Crippen LogP contribution in [0.1, 0.15) is 50.1 Å². The summed E-state index contributed by atoms with van der Waals surface area (Å²) in [6, 6.07) is 15.1. The second-order valence-electron chi connectivity index (χ2n) is 8.57. The van der Waals surface area contributed by atoms with E-state index in [1.807, 2.05) is 57.2 Å². The van der Waals surface area contributed by atoms with Gasteiger partial charge in [-0.05, 0) is 71.2 Å². The SMILES string of the molecule is CCOc1cc(C=Nn2c([C@@H](C)CC)nc3ccc(Br)cc3c2=O)c(Br)c(Cl)c1OCc1ccc(Br)cc1. The van der Waals surface area contributed by atoms with Crippen LogP contribution in [0.2, 0.25) is 5.02 Å². The van der Waals surface area contributed by atoms with Crippen LogP contribution in [0.15, 0.2) is 71.8 Å². The van der Waals surface area contributed by atoms with Crippen molar-refractivity contribution in [1.82, 2.24) is 9.66 Å². The fourth-order valence-electron chi connectivity index (χ4n) is 3.73. The predicted molar refractivity (Wildman–Crippen MR) is 164 cm³/mol. The molecule has 0 radical (unpaired) electrons. The Labute approximate surface area is 251 Å². The zero-order valence-corrected chi connectivity index (χ0v) is 26.5. The van der Waals surface area contributed by atoms with Gasteiger partial charge in [-0.15, -0.1) is 0 Å². The molecule has 0 aliphatic rings. The van der Waals surface area contributed by atoms with Gasteiger partial charge in [0, 0.05) is 24.9 Å². The average molecular weight is 727 g/mol. The lowest BCUT2D eigenvalue weighted by Crippen LogP contribution is -2.23. The minimum absolute atomic E-state index is 0.0216. The van der Waals surface area contributed by atoms with E-state index in [0.717, 1.165) is 20.9 Å². The maximum atomic E-state index is 13.5. The van der Waals surface area contributed by atoms with Crippen molar-refractivity contribution >= 4 is 76.5 Å². The third-order valence-electron chi connectivity index (χ3n) is 5.95. The first-order chi connectivity index (χ1) is 18.2. The van der Waals surface area contributed by atoms with Crippen LogP contribution in [-0.2, 0) is 6.61 Å². The lowest BCUT2D eigenvalue weighted by Gasteiger charge is -2.17. The van der Waals surface area contributed by atoms with Crippen LogP contribution in [0.5, 0.6) is 11.5 Å². The number of hydrogen-bond donors (Lipinski definition) is 0. The molecule has 0 spiro atoms. The highest BCUT2D eigenvalue weighted by atomic mass is 79.9. The Morgan fingerprint density at radius 3 is 2.45 bits per heavy atom. The molecule has 0 aliphatic heterocycles. The Hall–Kier alpha value is -2.20. The number of nitrogens with zero attached hydrogens (tertiary/aromatic N) is 3. The number of aromatic nitrogens is 2. The molecule has 0 bridgehead atoms. The van der Waals surface area contributed by atoms with Crippen LogP contribution < -0.4 is 15.0 Å². The summed E-state index contributed by atoms with van der Waals surface area (Å²) in [7, 11) is 0. The van der Waals surface area contributed by atoms with Crippen molar-refractivity contribution in [2.45, 2.75) is 39.7 Å². The van der Waals surface area contributed by atoms with Crippen molar-refractivity contribution in [3.63, 3.8) is 0 Å². The lowest BCUT2D eigenvalue weighted by atomic mass is 10.1. The number of benzene rings is 3. The summed E-state index contributed by atoms with van der Waals surface area (Å²) in [4.78, 5) is 18.2. The lowest BCUT2D eigenvalue weighted by molar-refractivity contribution is 0.269. The molecule has 0 saturated carbocycles. The van der Waals surface area contributed by atoms with Gasteiger partial charge in [0.2, 0.25) is 0 Å². The first-order valence-electron chi connectivity index (χ1n) is 12.0. The van der Waals surface area contributed by atoms with Gasteiger partial charge in [0.1, 0.15) is 17.5 Å². The van der Waals surface area contributed by atoms with Gasteiger partial charge in [-0.2, -0.15) is 9.78 Å². The minimum atomic E-state index is -0.246. The van der Waals surface area contributed by atoms with E-state index in [-0.39, 0.29) is 11.5 Å². The standard InChI is InChI=1S/C28H25Br3ClN3O3/c1-4-16(3)27-34-22-11-10-20(30)13-21(22)28(36)35(27)33-14-18-12-23(37-5-2)26(25(32)24(18)31)38-15-17-6-8-19(29)9-7-17/h6-14,16H,4-5,15H2,1-3H3/t16-/m0/s1. The van der Waals surface area contributed by atoms with E-state index in [1.165, 1.54) is 4.68 Å². The highest BCUT2D eigenvalue weighted by Crippen LogP contribution is 2.42. The van der Waals surface area contributed by atoms with E-state index in [4.69, 9.17) is 26.1 Å². The largest absolute Gasteiger partial charge is 0.490 e. The maximum absolute atomic E-state index is 13.5. The number of ether oxygens (including phenoxy) is 2. The number of halogens is 4. The Morgan fingerprint density at radius 1 is 1.05 bits per heavy atom. The van der Waals surface area contributed by atoms with Crippen LogP contribution >= 0.6 is 59.4 Å². The molecule has 38 heavy (non-hydrogen) atoms. The fourth-order valence-corrected chi connectivity index (χ4v) is 5.01. The summed E-state index contributed by atoms with van der Waals surface area (Å²) < 4.78 is 15.7. The third kappa shape index (κ3) is 6.33. The second kappa shape index (κ2) is 12.8. The van der Waals surface area contributed by atoms with Crippen LogP contribution in [-0.4, -0.2) is 22.5 Å². The van der Waals surface area contributed by atoms with E-state index < -0.39 is 0 Å². The molecule has 10 heteroatoms. The smallest absolute Gasteiger partial charge is 0.282 e. The fraction of sp³-hybridized carbons (Fsp3) is 0.250. The first kappa shape index (κ1) is 28.8. The third-order valence-corrected chi connectivity index (χ3v) is 8.42. The summed E-state index contributed by atoms with van der Waals surface area (Å²) in [5.74, 6) is 1.52. The van der Waals surface area contributed by atoms with Crippen LogP contribution in [0, 0.1) is 0 Å². The molecule has 1 heterocycles. The zero-order chi connectivity index (χ0) is 27.4. The van der Waals surface area contributed by atoms with Crippen molar-refractivity contribution in [3.8, 4) is 11.5 Å². The van der Waals surface area contributed by atoms with Gasteiger partial charge in [0.25, 0.3) is 5.56 Å². The highest BCUT2D eigenvalue weighted by molar-refractivity contribution is 9.11. The molecule has 0 fully saturated rings. The summed E-state index contributed by atoms with van der Waals surface area (Å²) in [5, 5.41) is 5.40. The number of rotatable bonds is 9. The molecule has 198 valence electrons. The van der Waals surface area contributed by atoms with Crippen LogP contribution in [0.3, 0.4) is 0 Å². The molecule has 0 N–H and O–H groups in total. The normalized spacial score (nSPS) is 12.3. The van der Waals surface area contributed by atoms with E-state index in [2.05, 4.69) is 52.9 Å².